The fraction of sp³-hybridized carbons (Fsp3) is 0.211. The van der Waals surface area contributed by atoms with Crippen LogP contribution in [0.25, 0.3) is 0 Å². The molecular formula is C19H18O6. The molecule has 0 aliphatic rings. The molecule has 0 amide bonds. The summed E-state index contributed by atoms with van der Waals surface area (Å²) in [5.41, 5.74) is 1.02. The number of hydrogen-bond acceptors (Lipinski definition) is 5. The molecule has 0 spiro atoms. The zero-order valence-corrected chi connectivity index (χ0v) is 13.9. The van der Waals surface area contributed by atoms with Gasteiger partial charge in [0.05, 0.1) is 17.7 Å². The van der Waals surface area contributed by atoms with Crippen molar-refractivity contribution in [2.75, 3.05) is 6.61 Å². The average Bonchev–Trinajstić information content (AvgIpc) is 2.60. The van der Waals surface area contributed by atoms with E-state index in [4.69, 9.17) is 9.47 Å². The van der Waals surface area contributed by atoms with Crippen LogP contribution in [0.1, 0.15) is 50.5 Å². The second-order valence-electron chi connectivity index (χ2n) is 5.24. The van der Waals surface area contributed by atoms with Crippen LogP contribution in [0.2, 0.25) is 0 Å². The van der Waals surface area contributed by atoms with Crippen LogP contribution in [-0.4, -0.2) is 29.4 Å². The van der Waals surface area contributed by atoms with Gasteiger partial charge < -0.3 is 14.6 Å². The third kappa shape index (κ3) is 4.44. The van der Waals surface area contributed by atoms with Crippen LogP contribution >= 0.6 is 0 Å². The normalized spacial score (nSPS) is 10.2. The van der Waals surface area contributed by atoms with E-state index in [0.29, 0.717) is 11.3 Å². The zero-order valence-electron chi connectivity index (χ0n) is 13.9. The third-order valence-corrected chi connectivity index (χ3v) is 3.51. The molecule has 1 N–H and O–H groups in total. The predicted molar refractivity (Wildman–Crippen MR) is 90.1 cm³/mol. The number of Topliss-reactive ketones (excluding diaryl/α,β-unsaturated/α-hetero) is 1. The Balaban J connectivity index is 2.26. The van der Waals surface area contributed by atoms with Crippen molar-refractivity contribution in [1.82, 2.24) is 0 Å². The number of ketones is 1. The number of aromatic carboxylic acids is 1. The molecule has 0 atom stereocenters. The lowest BCUT2D eigenvalue weighted by atomic mass is 10.0. The fourth-order valence-electron chi connectivity index (χ4n) is 2.31. The van der Waals surface area contributed by atoms with Crippen LogP contribution in [0.15, 0.2) is 42.5 Å². The standard InChI is InChI=1S/C19H18O6/c1-3-24-19(23)17-10-14(8-9-15(17)12(2)20)25-11-13-6-4-5-7-16(13)18(21)22/h4-10H,3,11H2,1-2H3,(H,21,22). The minimum absolute atomic E-state index is 0.0180. The molecule has 0 fully saturated rings. The first kappa shape index (κ1) is 18.2. The smallest absolute Gasteiger partial charge is 0.338 e. The number of carbonyl (C=O) groups excluding carboxylic acids is 2. The average molecular weight is 342 g/mol. The molecule has 0 saturated heterocycles. The molecule has 0 saturated carbocycles. The van der Waals surface area contributed by atoms with Gasteiger partial charge in [-0.05, 0) is 38.1 Å². The molecule has 0 aliphatic carbocycles. The topological polar surface area (TPSA) is 89.9 Å². The maximum Gasteiger partial charge on any atom is 0.338 e. The van der Waals surface area contributed by atoms with E-state index in [1.807, 2.05) is 0 Å². The molecule has 2 aromatic rings. The molecule has 0 bridgehead atoms. The summed E-state index contributed by atoms with van der Waals surface area (Å²) in [5.74, 6) is -1.57. The van der Waals surface area contributed by atoms with Crippen LogP contribution < -0.4 is 4.74 Å². The summed E-state index contributed by atoms with van der Waals surface area (Å²) in [7, 11) is 0. The molecule has 6 heteroatoms. The lowest BCUT2D eigenvalue weighted by Crippen LogP contribution is -2.11. The SMILES string of the molecule is CCOC(=O)c1cc(OCc2ccccc2C(=O)O)ccc1C(C)=O. The van der Waals surface area contributed by atoms with E-state index >= 15 is 0 Å². The fourth-order valence-corrected chi connectivity index (χ4v) is 2.31. The number of benzene rings is 2. The minimum Gasteiger partial charge on any atom is -0.489 e. The first-order valence-electron chi connectivity index (χ1n) is 7.70. The van der Waals surface area contributed by atoms with Crippen LogP contribution in [0, 0.1) is 0 Å². The first-order chi connectivity index (χ1) is 11.9. The Kier molecular flexibility index (Phi) is 5.89. The van der Waals surface area contributed by atoms with Crippen molar-refractivity contribution in [2.45, 2.75) is 20.5 Å². The molecule has 130 valence electrons. The summed E-state index contributed by atoms with van der Waals surface area (Å²) in [6.45, 7) is 3.24. The maximum absolute atomic E-state index is 12.0. The maximum atomic E-state index is 12.0. The number of rotatable bonds is 7. The predicted octanol–water partition coefficient (Wildman–Crippen LogP) is 3.34. The van der Waals surface area contributed by atoms with E-state index in [9.17, 15) is 19.5 Å². The monoisotopic (exact) mass is 342 g/mol. The van der Waals surface area contributed by atoms with E-state index in [0.717, 1.165) is 0 Å². The van der Waals surface area contributed by atoms with E-state index in [1.165, 1.54) is 25.1 Å². The Morgan fingerprint density at radius 2 is 1.72 bits per heavy atom. The second-order valence-corrected chi connectivity index (χ2v) is 5.24. The van der Waals surface area contributed by atoms with Crippen LogP contribution in [0.3, 0.4) is 0 Å². The summed E-state index contributed by atoms with van der Waals surface area (Å²) in [6.07, 6.45) is 0. The van der Waals surface area contributed by atoms with Gasteiger partial charge in [0.15, 0.2) is 5.78 Å². The van der Waals surface area contributed by atoms with Crippen LogP contribution in [0.4, 0.5) is 0 Å². The Morgan fingerprint density at radius 1 is 1.00 bits per heavy atom. The van der Waals surface area contributed by atoms with Crippen molar-refractivity contribution in [2.24, 2.45) is 0 Å². The molecule has 25 heavy (non-hydrogen) atoms. The quantitative estimate of drug-likeness (QED) is 0.613. The Labute approximate surface area is 145 Å². The molecule has 0 aromatic heterocycles. The molecule has 0 heterocycles. The van der Waals surface area contributed by atoms with Gasteiger partial charge in [0.25, 0.3) is 0 Å². The summed E-state index contributed by atoms with van der Waals surface area (Å²) in [4.78, 5) is 34.9. The Hall–Kier alpha value is -3.15. The number of ether oxygens (including phenoxy) is 2. The number of hydrogen-bond donors (Lipinski definition) is 1. The molecular weight excluding hydrogens is 324 g/mol. The molecule has 2 aromatic carbocycles. The van der Waals surface area contributed by atoms with Gasteiger partial charge in [-0.25, -0.2) is 9.59 Å². The van der Waals surface area contributed by atoms with Gasteiger partial charge in [-0.15, -0.1) is 0 Å². The van der Waals surface area contributed by atoms with Crippen molar-refractivity contribution in [3.8, 4) is 5.75 Å². The van der Waals surface area contributed by atoms with Crippen molar-refractivity contribution in [3.05, 3.63) is 64.7 Å². The van der Waals surface area contributed by atoms with Gasteiger partial charge in [-0.1, -0.05) is 18.2 Å². The lowest BCUT2D eigenvalue weighted by molar-refractivity contribution is 0.0522. The molecule has 0 aliphatic heterocycles. The lowest BCUT2D eigenvalue weighted by Gasteiger charge is -2.12. The highest BCUT2D eigenvalue weighted by molar-refractivity contribution is 6.05. The summed E-state index contributed by atoms with van der Waals surface area (Å²) < 4.78 is 10.6. The van der Waals surface area contributed by atoms with Gasteiger partial charge in [-0.3, -0.25) is 4.79 Å². The Bertz CT molecular complexity index is 809. The van der Waals surface area contributed by atoms with Gasteiger partial charge in [0.1, 0.15) is 12.4 Å². The van der Waals surface area contributed by atoms with Crippen molar-refractivity contribution >= 4 is 17.7 Å². The number of esters is 1. The summed E-state index contributed by atoms with van der Waals surface area (Å²) in [6, 6.07) is 11.0. The number of carboxylic acids is 1. The number of carbonyl (C=O) groups is 3. The second kappa shape index (κ2) is 8.10. The van der Waals surface area contributed by atoms with Gasteiger partial charge >= 0.3 is 11.9 Å². The molecule has 0 unspecified atom stereocenters. The van der Waals surface area contributed by atoms with Crippen LogP contribution in [-0.2, 0) is 11.3 Å². The third-order valence-electron chi connectivity index (χ3n) is 3.51. The van der Waals surface area contributed by atoms with E-state index in [2.05, 4.69) is 0 Å². The van der Waals surface area contributed by atoms with Crippen LogP contribution in [0.5, 0.6) is 5.75 Å². The van der Waals surface area contributed by atoms with E-state index in [1.54, 1.807) is 31.2 Å². The highest BCUT2D eigenvalue weighted by Crippen LogP contribution is 2.21. The largest absolute Gasteiger partial charge is 0.489 e. The van der Waals surface area contributed by atoms with E-state index in [-0.39, 0.29) is 35.7 Å². The van der Waals surface area contributed by atoms with Crippen molar-refractivity contribution in [1.29, 1.82) is 0 Å². The van der Waals surface area contributed by atoms with Crippen molar-refractivity contribution < 1.29 is 29.0 Å². The zero-order chi connectivity index (χ0) is 18.4. The first-order valence-corrected chi connectivity index (χ1v) is 7.70. The minimum atomic E-state index is -1.04. The number of carboxylic acid groups (broad SMARTS) is 1. The summed E-state index contributed by atoms with van der Waals surface area (Å²) in [5, 5.41) is 9.18. The van der Waals surface area contributed by atoms with Crippen molar-refractivity contribution in [3.63, 3.8) is 0 Å². The highest BCUT2D eigenvalue weighted by atomic mass is 16.5. The Morgan fingerprint density at radius 3 is 2.36 bits per heavy atom. The van der Waals surface area contributed by atoms with Gasteiger partial charge in [0, 0.05) is 11.1 Å². The van der Waals surface area contributed by atoms with E-state index < -0.39 is 11.9 Å². The molecule has 6 nitrogen and oxygen atoms in total. The van der Waals surface area contributed by atoms with Gasteiger partial charge in [-0.2, -0.15) is 0 Å². The molecule has 2 rings (SSSR count). The molecule has 0 radical (unpaired) electrons. The highest BCUT2D eigenvalue weighted by Gasteiger charge is 2.17. The van der Waals surface area contributed by atoms with Gasteiger partial charge in [0.2, 0.25) is 0 Å². The summed E-state index contributed by atoms with van der Waals surface area (Å²) >= 11 is 0.